The second-order valence-electron chi connectivity index (χ2n) is 1.73. The molecule has 0 aromatic heterocycles. The minimum atomic E-state index is 1.13. The Morgan fingerprint density at radius 2 is 2.43 bits per heavy atom. The molecule has 7 heavy (non-hydrogen) atoms. The fourth-order valence-corrected chi connectivity index (χ4v) is 0.928. The third kappa shape index (κ3) is 0.942. The largest absolute Gasteiger partial charge is 0.0793 e. The van der Waals surface area contributed by atoms with Gasteiger partial charge < -0.3 is 0 Å². The monoisotopic (exact) mass is 158 g/mol. The maximum atomic E-state index is 3.40. The van der Waals surface area contributed by atoms with Gasteiger partial charge in [0.2, 0.25) is 0 Å². The van der Waals surface area contributed by atoms with E-state index in [1.54, 1.807) is 0 Å². The molecule has 1 aliphatic rings. The van der Waals surface area contributed by atoms with Crippen LogP contribution in [-0.4, -0.2) is 0 Å². The third-order valence-corrected chi connectivity index (χ3v) is 2.04. The average molecular weight is 159 g/mol. The van der Waals surface area contributed by atoms with Crippen LogP contribution in [-0.2, 0) is 0 Å². The standard InChI is InChI=1S/C6H7Br/c1-5-3-2-4-6(5)7/h2,4H,3H2,1H3. The van der Waals surface area contributed by atoms with Gasteiger partial charge in [-0.25, -0.2) is 0 Å². The number of allylic oxidation sites excluding steroid dienone is 4. The van der Waals surface area contributed by atoms with E-state index in [1.807, 2.05) is 0 Å². The van der Waals surface area contributed by atoms with Gasteiger partial charge in [-0.3, -0.25) is 0 Å². The van der Waals surface area contributed by atoms with Crippen LogP contribution in [0.1, 0.15) is 13.3 Å². The molecule has 0 aromatic rings. The van der Waals surface area contributed by atoms with Gasteiger partial charge in [-0.15, -0.1) is 0 Å². The van der Waals surface area contributed by atoms with Crippen molar-refractivity contribution in [1.29, 1.82) is 0 Å². The first kappa shape index (κ1) is 5.10. The van der Waals surface area contributed by atoms with Gasteiger partial charge in [0.15, 0.2) is 0 Å². The van der Waals surface area contributed by atoms with E-state index in [9.17, 15) is 0 Å². The Bertz CT molecular complexity index is 131. The molecule has 0 saturated heterocycles. The fraction of sp³-hybridized carbons (Fsp3) is 0.333. The highest BCUT2D eigenvalue weighted by atomic mass is 79.9. The van der Waals surface area contributed by atoms with Crippen molar-refractivity contribution in [2.45, 2.75) is 13.3 Å². The van der Waals surface area contributed by atoms with Crippen molar-refractivity contribution in [2.75, 3.05) is 0 Å². The van der Waals surface area contributed by atoms with Gasteiger partial charge in [0.05, 0.1) is 0 Å². The quantitative estimate of drug-likeness (QED) is 0.509. The third-order valence-electron chi connectivity index (χ3n) is 1.10. The van der Waals surface area contributed by atoms with Crippen molar-refractivity contribution >= 4 is 15.9 Å². The molecule has 1 aliphatic carbocycles. The molecule has 0 unspecified atom stereocenters. The summed E-state index contributed by atoms with van der Waals surface area (Å²) in [5, 5.41) is 0. The summed E-state index contributed by atoms with van der Waals surface area (Å²) in [4.78, 5) is 0. The molecule has 0 heterocycles. The topological polar surface area (TPSA) is 0 Å². The predicted molar refractivity (Wildman–Crippen MR) is 35.4 cm³/mol. The maximum absolute atomic E-state index is 3.40. The molecule has 1 heteroatoms. The van der Waals surface area contributed by atoms with Crippen LogP contribution in [0.15, 0.2) is 22.2 Å². The second-order valence-corrected chi connectivity index (χ2v) is 2.59. The Morgan fingerprint density at radius 3 is 2.57 bits per heavy atom. The van der Waals surface area contributed by atoms with Crippen molar-refractivity contribution in [2.24, 2.45) is 0 Å². The highest BCUT2D eigenvalue weighted by Gasteiger charge is 1.97. The van der Waals surface area contributed by atoms with E-state index >= 15 is 0 Å². The Labute approximate surface area is 52.0 Å². The minimum absolute atomic E-state index is 1.13. The van der Waals surface area contributed by atoms with Crippen LogP contribution in [0, 0.1) is 0 Å². The van der Waals surface area contributed by atoms with Crippen LogP contribution in [0.2, 0.25) is 0 Å². The molecular weight excluding hydrogens is 152 g/mol. The van der Waals surface area contributed by atoms with Gasteiger partial charge in [-0.1, -0.05) is 33.7 Å². The van der Waals surface area contributed by atoms with E-state index in [1.165, 1.54) is 10.1 Å². The summed E-state index contributed by atoms with van der Waals surface area (Å²) in [6, 6.07) is 0. The first-order chi connectivity index (χ1) is 3.30. The van der Waals surface area contributed by atoms with E-state index in [4.69, 9.17) is 0 Å². The van der Waals surface area contributed by atoms with Crippen molar-refractivity contribution in [3.63, 3.8) is 0 Å². The summed E-state index contributed by atoms with van der Waals surface area (Å²) in [5.74, 6) is 0. The molecule has 0 spiro atoms. The fourth-order valence-electron chi connectivity index (χ4n) is 0.579. The molecule has 0 saturated carbocycles. The lowest BCUT2D eigenvalue weighted by molar-refractivity contribution is 1.25. The lowest BCUT2D eigenvalue weighted by Gasteiger charge is -1.85. The second kappa shape index (κ2) is 1.83. The van der Waals surface area contributed by atoms with Crippen LogP contribution in [0.25, 0.3) is 0 Å². The van der Waals surface area contributed by atoms with E-state index < -0.39 is 0 Å². The summed E-state index contributed by atoms with van der Waals surface area (Å²) in [7, 11) is 0. The molecule has 0 fully saturated rings. The van der Waals surface area contributed by atoms with Gasteiger partial charge in [0.25, 0.3) is 0 Å². The molecule has 0 aliphatic heterocycles. The molecule has 1 rings (SSSR count). The number of rotatable bonds is 0. The van der Waals surface area contributed by atoms with Crippen LogP contribution in [0.4, 0.5) is 0 Å². The summed E-state index contributed by atoms with van der Waals surface area (Å²) < 4.78 is 1.26. The highest BCUT2D eigenvalue weighted by Crippen LogP contribution is 2.22. The van der Waals surface area contributed by atoms with Gasteiger partial charge in [0, 0.05) is 4.48 Å². The first-order valence-electron chi connectivity index (χ1n) is 2.32. The van der Waals surface area contributed by atoms with Gasteiger partial charge in [0.1, 0.15) is 0 Å². The minimum Gasteiger partial charge on any atom is -0.0793 e. The first-order valence-corrected chi connectivity index (χ1v) is 3.12. The van der Waals surface area contributed by atoms with E-state index in [0.29, 0.717) is 0 Å². The number of hydrogen-bond acceptors (Lipinski definition) is 0. The molecular formula is C6H7Br. The zero-order valence-electron chi connectivity index (χ0n) is 4.24. The smallest absolute Gasteiger partial charge is 0.0164 e. The highest BCUT2D eigenvalue weighted by molar-refractivity contribution is 9.11. The lowest BCUT2D eigenvalue weighted by Crippen LogP contribution is -1.64. The molecule has 0 bridgehead atoms. The maximum Gasteiger partial charge on any atom is 0.0164 e. The molecule has 0 aromatic carbocycles. The Balaban J connectivity index is 2.79. The van der Waals surface area contributed by atoms with Crippen LogP contribution in [0.5, 0.6) is 0 Å². The van der Waals surface area contributed by atoms with E-state index in [-0.39, 0.29) is 0 Å². The van der Waals surface area contributed by atoms with Crippen molar-refractivity contribution < 1.29 is 0 Å². The van der Waals surface area contributed by atoms with E-state index in [0.717, 1.165) is 6.42 Å². The Hall–Kier alpha value is -0.0400. The van der Waals surface area contributed by atoms with Crippen molar-refractivity contribution in [3.8, 4) is 0 Å². The SMILES string of the molecule is CC1=C(Br)C=CC1. The average Bonchev–Trinajstić information content (AvgIpc) is 1.91. The van der Waals surface area contributed by atoms with Gasteiger partial charge in [-0.05, 0) is 13.3 Å². The summed E-state index contributed by atoms with van der Waals surface area (Å²) >= 11 is 3.40. The van der Waals surface area contributed by atoms with E-state index in [2.05, 4.69) is 35.0 Å². The molecule has 0 atom stereocenters. The Morgan fingerprint density at radius 1 is 1.71 bits per heavy atom. The van der Waals surface area contributed by atoms with Crippen molar-refractivity contribution in [3.05, 3.63) is 22.2 Å². The van der Waals surface area contributed by atoms with Crippen molar-refractivity contribution in [1.82, 2.24) is 0 Å². The predicted octanol–water partition coefficient (Wildman–Crippen LogP) is 2.62. The summed E-state index contributed by atoms with van der Waals surface area (Å²) in [5.41, 5.74) is 1.43. The van der Waals surface area contributed by atoms with Gasteiger partial charge >= 0.3 is 0 Å². The zero-order chi connectivity index (χ0) is 5.28. The molecule has 0 nitrogen and oxygen atoms in total. The normalized spacial score (nSPS) is 19.1. The summed E-state index contributed by atoms with van der Waals surface area (Å²) in [6.45, 7) is 2.13. The summed E-state index contributed by atoms with van der Waals surface area (Å²) in [6.07, 6.45) is 5.37. The molecule has 38 valence electrons. The van der Waals surface area contributed by atoms with Crippen LogP contribution >= 0.6 is 15.9 Å². The van der Waals surface area contributed by atoms with Crippen LogP contribution < -0.4 is 0 Å². The number of halogens is 1. The molecule has 0 radical (unpaired) electrons. The van der Waals surface area contributed by atoms with Gasteiger partial charge in [-0.2, -0.15) is 0 Å². The van der Waals surface area contributed by atoms with Crippen LogP contribution in [0.3, 0.4) is 0 Å². The lowest BCUT2D eigenvalue weighted by atomic mass is 10.3. The molecule has 0 N–H and O–H groups in total. The molecule has 0 amide bonds. The Kier molecular flexibility index (Phi) is 1.33. The zero-order valence-corrected chi connectivity index (χ0v) is 5.83. The number of hydrogen-bond donors (Lipinski definition) is 0.